The Balaban J connectivity index is 0. The van der Waals surface area contributed by atoms with Crippen LogP contribution in [0, 0.1) is 18.3 Å². The van der Waals surface area contributed by atoms with Crippen molar-refractivity contribution in [2.24, 2.45) is 5.92 Å². The first-order valence-corrected chi connectivity index (χ1v) is 4.30. The molecule has 0 saturated heterocycles. The molecular formula is C10H20O2Y-2. The van der Waals surface area contributed by atoms with Crippen LogP contribution >= 0.6 is 0 Å². The summed E-state index contributed by atoms with van der Waals surface area (Å²) in [5.74, 6) is 1.69. The van der Waals surface area contributed by atoms with Crippen LogP contribution in [-0.4, -0.2) is 26.9 Å². The van der Waals surface area contributed by atoms with Gasteiger partial charge in [-0.05, 0) is 0 Å². The zero-order valence-electron chi connectivity index (χ0n) is 9.33. The molecule has 0 aromatic rings. The van der Waals surface area contributed by atoms with Gasteiger partial charge in [-0.15, -0.1) is 0 Å². The fraction of sp³-hybridized carbons (Fsp3) is 0.800. The van der Waals surface area contributed by atoms with Crippen molar-refractivity contribution in [1.82, 2.24) is 0 Å². The van der Waals surface area contributed by atoms with Gasteiger partial charge in [-0.25, -0.2) is 0 Å². The molecule has 0 aromatic heterocycles. The van der Waals surface area contributed by atoms with Crippen LogP contribution in [0.4, 0.5) is 0 Å². The van der Waals surface area contributed by atoms with E-state index < -0.39 is 0 Å². The van der Waals surface area contributed by atoms with Gasteiger partial charge in [0.25, 0.3) is 0 Å². The summed E-state index contributed by atoms with van der Waals surface area (Å²) in [6.45, 7) is 6.94. The van der Waals surface area contributed by atoms with Crippen molar-refractivity contribution in [3.63, 3.8) is 0 Å². The van der Waals surface area contributed by atoms with E-state index in [-0.39, 0.29) is 38.8 Å². The van der Waals surface area contributed by atoms with Crippen LogP contribution < -0.4 is 0 Å². The third-order valence-corrected chi connectivity index (χ3v) is 2.11. The SMILES string of the molecule is C[CH-]C(C)C(OC)[C-](C)COC.[Y]. The third kappa shape index (κ3) is 6.16. The minimum atomic E-state index is 0. The first-order valence-electron chi connectivity index (χ1n) is 4.30. The van der Waals surface area contributed by atoms with Crippen LogP contribution in [0.1, 0.15) is 20.8 Å². The van der Waals surface area contributed by atoms with Crippen LogP contribution in [0.15, 0.2) is 0 Å². The standard InChI is InChI=1S/C10H20O2.Y/c1-6-8(2)10(12-5)9(3)7-11-4;/h6,8,10H,7H2,1-5H3;/q-2;. The molecule has 0 spiro atoms. The van der Waals surface area contributed by atoms with Gasteiger partial charge in [0.1, 0.15) is 0 Å². The quantitative estimate of drug-likeness (QED) is 0.682. The largest absolute Gasteiger partial charge is 0.416 e. The average molecular weight is 261 g/mol. The molecule has 0 amide bonds. The fourth-order valence-corrected chi connectivity index (χ4v) is 1.35. The Morgan fingerprint density at radius 1 is 1.38 bits per heavy atom. The number of hydrogen-bond acceptors (Lipinski definition) is 2. The van der Waals surface area contributed by atoms with E-state index in [0.29, 0.717) is 12.5 Å². The van der Waals surface area contributed by atoms with Crippen LogP contribution in [0.25, 0.3) is 0 Å². The summed E-state index contributed by atoms with van der Waals surface area (Å²) in [4.78, 5) is 0. The molecule has 0 N–H and O–H groups in total. The van der Waals surface area contributed by atoms with Gasteiger partial charge in [0.15, 0.2) is 0 Å². The first kappa shape index (κ1) is 16.5. The molecule has 77 valence electrons. The molecular weight excluding hydrogens is 241 g/mol. The minimum absolute atomic E-state index is 0. The summed E-state index contributed by atoms with van der Waals surface area (Å²) in [5, 5.41) is 0. The predicted molar refractivity (Wildman–Crippen MR) is 50.7 cm³/mol. The number of methoxy groups -OCH3 is 2. The summed E-state index contributed by atoms with van der Waals surface area (Å²) < 4.78 is 10.4. The third-order valence-electron chi connectivity index (χ3n) is 2.11. The number of hydrogen-bond donors (Lipinski definition) is 0. The Bertz CT molecular complexity index is 109. The van der Waals surface area contributed by atoms with Crippen LogP contribution in [0.3, 0.4) is 0 Å². The van der Waals surface area contributed by atoms with Crippen molar-refractivity contribution in [3.05, 3.63) is 12.3 Å². The van der Waals surface area contributed by atoms with Crippen molar-refractivity contribution in [1.29, 1.82) is 0 Å². The average Bonchev–Trinajstić information content (AvgIpc) is 2.06. The fourth-order valence-electron chi connectivity index (χ4n) is 1.35. The molecule has 2 atom stereocenters. The van der Waals surface area contributed by atoms with Gasteiger partial charge in [0, 0.05) is 46.9 Å². The van der Waals surface area contributed by atoms with E-state index in [1.165, 1.54) is 5.92 Å². The molecule has 0 aliphatic carbocycles. The molecule has 13 heavy (non-hydrogen) atoms. The van der Waals surface area contributed by atoms with Gasteiger partial charge in [0.2, 0.25) is 0 Å². The van der Waals surface area contributed by atoms with E-state index in [1.807, 2.05) is 0 Å². The molecule has 0 bridgehead atoms. The van der Waals surface area contributed by atoms with E-state index in [4.69, 9.17) is 9.47 Å². The van der Waals surface area contributed by atoms with E-state index in [0.717, 1.165) is 0 Å². The molecule has 2 unspecified atom stereocenters. The Hall–Kier alpha value is 1.02. The van der Waals surface area contributed by atoms with Crippen molar-refractivity contribution >= 4 is 0 Å². The van der Waals surface area contributed by atoms with Gasteiger partial charge in [0.05, 0.1) is 0 Å². The molecule has 0 aliphatic rings. The van der Waals surface area contributed by atoms with Gasteiger partial charge >= 0.3 is 0 Å². The van der Waals surface area contributed by atoms with Crippen molar-refractivity contribution in [3.8, 4) is 0 Å². The molecule has 0 rings (SSSR count). The minimum Gasteiger partial charge on any atom is -0.416 e. The summed E-state index contributed by atoms with van der Waals surface area (Å²) >= 11 is 0. The zero-order chi connectivity index (χ0) is 9.56. The van der Waals surface area contributed by atoms with Crippen LogP contribution in [-0.2, 0) is 42.2 Å². The molecule has 2 nitrogen and oxygen atoms in total. The number of ether oxygens (including phenoxy) is 2. The first-order chi connectivity index (χ1) is 5.67. The maximum Gasteiger partial charge on any atom is 0.0322 e. The second-order valence-electron chi connectivity index (χ2n) is 3.13. The van der Waals surface area contributed by atoms with Gasteiger partial charge in [-0.1, -0.05) is 19.6 Å². The van der Waals surface area contributed by atoms with Crippen LogP contribution in [0.2, 0.25) is 0 Å². The van der Waals surface area contributed by atoms with E-state index in [2.05, 4.69) is 27.2 Å². The summed E-state index contributed by atoms with van der Waals surface area (Å²) in [5.41, 5.74) is 0. The van der Waals surface area contributed by atoms with Crippen LogP contribution in [0.5, 0.6) is 0 Å². The Kier molecular flexibility index (Phi) is 12.1. The molecule has 3 heteroatoms. The zero-order valence-corrected chi connectivity index (χ0v) is 12.2. The molecule has 0 fully saturated rings. The summed E-state index contributed by atoms with van der Waals surface area (Å²) in [6, 6.07) is 0. The van der Waals surface area contributed by atoms with Crippen molar-refractivity contribution in [2.45, 2.75) is 26.9 Å². The van der Waals surface area contributed by atoms with Crippen molar-refractivity contribution < 1.29 is 42.2 Å². The second-order valence-corrected chi connectivity index (χ2v) is 3.13. The maximum absolute atomic E-state index is 5.37. The molecule has 1 radical (unpaired) electrons. The van der Waals surface area contributed by atoms with Gasteiger partial charge in [-0.3, -0.25) is 5.92 Å². The topological polar surface area (TPSA) is 18.5 Å². The monoisotopic (exact) mass is 261 g/mol. The van der Waals surface area contributed by atoms with Crippen molar-refractivity contribution in [2.75, 3.05) is 20.8 Å². The second kappa shape index (κ2) is 9.57. The Morgan fingerprint density at radius 3 is 2.23 bits per heavy atom. The summed E-state index contributed by atoms with van der Waals surface area (Å²) in [7, 11) is 3.44. The molecule has 0 aliphatic heterocycles. The summed E-state index contributed by atoms with van der Waals surface area (Å²) in [6.07, 6.45) is 2.34. The molecule has 0 aromatic carbocycles. The smallest absolute Gasteiger partial charge is 0.0322 e. The molecule has 0 saturated carbocycles. The van der Waals surface area contributed by atoms with Gasteiger partial charge in [-0.2, -0.15) is 19.8 Å². The van der Waals surface area contributed by atoms with E-state index >= 15 is 0 Å². The Morgan fingerprint density at radius 2 is 1.92 bits per heavy atom. The normalized spacial score (nSPS) is 15.2. The van der Waals surface area contributed by atoms with Gasteiger partial charge < -0.3 is 15.9 Å². The van der Waals surface area contributed by atoms with E-state index in [9.17, 15) is 0 Å². The number of rotatable bonds is 6. The predicted octanol–water partition coefficient (Wildman–Crippen LogP) is 2.10. The Labute approximate surface area is 108 Å². The van der Waals surface area contributed by atoms with E-state index in [1.54, 1.807) is 14.2 Å². The maximum atomic E-state index is 5.37. The molecule has 0 heterocycles.